The molecule has 0 amide bonds. The number of hydrogen-bond donors (Lipinski definition) is 0. The minimum atomic E-state index is 0.283. The highest BCUT2D eigenvalue weighted by atomic mass is 15.4. The van der Waals surface area contributed by atoms with Crippen LogP contribution in [-0.2, 0) is 38.8 Å². The second kappa shape index (κ2) is 25.8. The zero-order valence-electron chi connectivity index (χ0n) is 48.2. The third kappa shape index (κ3) is 34.6. The van der Waals surface area contributed by atoms with Crippen molar-refractivity contribution in [3.05, 3.63) is 53.4 Å². The van der Waals surface area contributed by atoms with Crippen LogP contribution in [0.4, 0.5) is 0 Å². The highest BCUT2D eigenvalue weighted by molar-refractivity contribution is 5.13. The van der Waals surface area contributed by atoms with E-state index in [0.29, 0.717) is 37.9 Å². The first-order valence-corrected chi connectivity index (χ1v) is 25.8. The normalized spacial score (nSPS) is 15.0. The molecule has 1 saturated heterocycles. The molecule has 3 aromatic rings. The molecule has 382 valence electrons. The van der Waals surface area contributed by atoms with Crippen molar-refractivity contribution in [1.82, 2.24) is 44.8 Å². The number of aromatic nitrogens is 7. The summed E-state index contributed by atoms with van der Waals surface area (Å²) < 4.78 is 4.02. The topological polar surface area (TPSA) is 80.8 Å². The molecular weight excluding hydrogens is 811 g/mol. The van der Waals surface area contributed by atoms with Gasteiger partial charge in [-0.3, -0.25) is 9.67 Å². The summed E-state index contributed by atoms with van der Waals surface area (Å²) in [5.74, 6) is 0. The summed E-state index contributed by atoms with van der Waals surface area (Å²) in [7, 11) is 0. The fourth-order valence-electron chi connectivity index (χ4n) is 7.15. The highest BCUT2D eigenvalue weighted by Gasteiger charge is 2.22. The van der Waals surface area contributed by atoms with Crippen molar-refractivity contribution >= 4 is 0 Å². The highest BCUT2D eigenvalue weighted by Crippen LogP contribution is 2.26. The van der Waals surface area contributed by atoms with Crippen molar-refractivity contribution in [3.63, 3.8) is 0 Å². The molecule has 0 radical (unpaired) electrons. The molecule has 9 heteroatoms. The summed E-state index contributed by atoms with van der Waals surface area (Å²) in [6, 6.07) is 6.41. The zero-order chi connectivity index (χ0) is 51.0. The van der Waals surface area contributed by atoms with Crippen LogP contribution in [0.3, 0.4) is 0 Å². The maximum atomic E-state index is 4.74. The van der Waals surface area contributed by atoms with Crippen molar-refractivity contribution in [3.8, 4) is 0 Å². The third-order valence-electron chi connectivity index (χ3n) is 11.0. The van der Waals surface area contributed by atoms with E-state index in [2.05, 4.69) is 226 Å². The van der Waals surface area contributed by atoms with Gasteiger partial charge in [-0.2, -0.15) is 0 Å². The Kier molecular flexibility index (Phi) is 24.0. The van der Waals surface area contributed by atoms with E-state index in [0.717, 1.165) is 57.3 Å². The molecule has 0 aliphatic carbocycles. The summed E-state index contributed by atoms with van der Waals surface area (Å²) in [5.41, 5.74) is 7.64. The van der Waals surface area contributed by atoms with Gasteiger partial charge in [0.2, 0.25) is 0 Å². The molecule has 9 nitrogen and oxygen atoms in total. The van der Waals surface area contributed by atoms with E-state index in [1.807, 2.05) is 10.9 Å². The fourth-order valence-corrected chi connectivity index (χ4v) is 7.15. The van der Waals surface area contributed by atoms with Crippen molar-refractivity contribution in [2.45, 2.75) is 231 Å². The Morgan fingerprint density at radius 3 is 1.15 bits per heavy atom. The van der Waals surface area contributed by atoms with E-state index in [4.69, 9.17) is 4.98 Å². The molecule has 4 heterocycles. The molecule has 66 heavy (non-hydrogen) atoms. The van der Waals surface area contributed by atoms with Gasteiger partial charge in [-0.05, 0) is 120 Å². The predicted molar refractivity (Wildman–Crippen MR) is 286 cm³/mol. The number of rotatable bonds is 12. The van der Waals surface area contributed by atoms with Gasteiger partial charge in [0, 0.05) is 56.9 Å². The van der Waals surface area contributed by atoms with Crippen LogP contribution in [0.5, 0.6) is 0 Å². The largest absolute Gasteiger partial charge is 0.301 e. The van der Waals surface area contributed by atoms with Crippen LogP contribution in [0.1, 0.15) is 215 Å². The fraction of sp³-hybridized carbons (Fsp3) is 0.842. The molecule has 0 spiro atoms. The third-order valence-corrected chi connectivity index (χ3v) is 11.0. The Balaban J connectivity index is 0.000000441. The summed E-state index contributed by atoms with van der Waals surface area (Å²) in [6.45, 7) is 64.0. The van der Waals surface area contributed by atoms with Gasteiger partial charge in [-0.25, -0.2) is 4.68 Å². The van der Waals surface area contributed by atoms with Gasteiger partial charge in [0.05, 0.1) is 17.6 Å². The van der Waals surface area contributed by atoms with Gasteiger partial charge < -0.3 is 9.80 Å². The van der Waals surface area contributed by atoms with Gasteiger partial charge in [0.15, 0.2) is 0 Å². The Morgan fingerprint density at radius 1 is 0.409 bits per heavy atom. The molecule has 0 bridgehead atoms. The Bertz CT molecular complexity index is 1680. The van der Waals surface area contributed by atoms with Crippen molar-refractivity contribution < 1.29 is 0 Å². The lowest BCUT2D eigenvalue weighted by molar-refractivity contribution is 0.112. The smallest absolute Gasteiger partial charge is 0.0832 e. The summed E-state index contributed by atoms with van der Waals surface area (Å²) in [4.78, 5) is 10.0. The standard InChI is InChI=1S/C16H34N2.C15H25N.2C13H25N3/c1-15(2,3)7-9-17-11-13-18(14-12-17)10-8-16(4,5)6;1-14(2,3)10-12-8-7-9-13(16-12)11-15(4,5)6;1-12(2,3)7-8-16-10-11(14-15-16)9-13(4,5)6;1-12(2,3)7-8-16-11(10-14-15-16)9-13(4,5)6/h7-14H2,1-6H3;7-9H,10-11H2,1-6H3;2*10H,7-9H2,1-6H3. The van der Waals surface area contributed by atoms with Crippen LogP contribution < -0.4 is 0 Å². The van der Waals surface area contributed by atoms with E-state index in [1.54, 1.807) is 0 Å². The monoisotopic (exact) mass is 920 g/mol. The minimum Gasteiger partial charge on any atom is -0.301 e. The number of nitrogens with zero attached hydrogens (tertiary/aromatic N) is 9. The SMILES string of the molecule is CC(C)(C)CCN1CCN(CCC(C)(C)C)CC1.CC(C)(C)CCn1cc(CC(C)(C)C)nn1.CC(C)(C)CCn1nncc1CC(C)(C)C.CC(C)(C)Cc1cccc(CC(C)(C)C)n1. The molecular formula is C57H109N9. The molecule has 0 unspecified atom stereocenters. The van der Waals surface area contributed by atoms with Gasteiger partial charge >= 0.3 is 0 Å². The number of aryl methyl sites for hydroxylation is 2. The molecule has 3 aromatic heterocycles. The maximum absolute atomic E-state index is 4.74. The van der Waals surface area contributed by atoms with Crippen LogP contribution in [-0.4, -0.2) is 84.0 Å². The van der Waals surface area contributed by atoms with Gasteiger partial charge in [0.1, 0.15) is 0 Å². The lowest BCUT2D eigenvalue weighted by atomic mass is 9.88. The molecule has 1 aliphatic rings. The molecule has 0 atom stereocenters. The molecule has 1 fully saturated rings. The lowest BCUT2D eigenvalue weighted by Gasteiger charge is -2.37. The number of pyridine rings is 1. The average Bonchev–Trinajstić information content (AvgIpc) is 3.74. The van der Waals surface area contributed by atoms with Crippen LogP contribution in [0, 0.1) is 43.3 Å². The Labute approximate surface area is 409 Å². The van der Waals surface area contributed by atoms with Crippen molar-refractivity contribution in [1.29, 1.82) is 0 Å². The molecule has 0 saturated carbocycles. The van der Waals surface area contributed by atoms with E-state index in [9.17, 15) is 0 Å². The van der Waals surface area contributed by atoms with Crippen LogP contribution in [0.2, 0.25) is 0 Å². The summed E-state index contributed by atoms with van der Waals surface area (Å²) in [5, 5.41) is 16.6. The Morgan fingerprint density at radius 2 is 0.773 bits per heavy atom. The molecule has 4 rings (SSSR count). The van der Waals surface area contributed by atoms with Gasteiger partial charge in [-0.15, -0.1) is 10.2 Å². The predicted octanol–water partition coefficient (Wildman–Crippen LogP) is 14.3. The quantitative estimate of drug-likeness (QED) is 0.179. The van der Waals surface area contributed by atoms with E-state index >= 15 is 0 Å². The molecule has 0 N–H and O–H groups in total. The van der Waals surface area contributed by atoms with E-state index < -0.39 is 0 Å². The first kappa shape index (κ1) is 61.4. The second-order valence-corrected chi connectivity index (χ2v) is 29.4. The van der Waals surface area contributed by atoms with E-state index in [1.165, 1.54) is 69.2 Å². The van der Waals surface area contributed by atoms with Gasteiger partial charge in [-0.1, -0.05) is 183 Å². The van der Waals surface area contributed by atoms with Crippen molar-refractivity contribution in [2.75, 3.05) is 39.3 Å². The number of hydrogen-bond acceptors (Lipinski definition) is 7. The van der Waals surface area contributed by atoms with Crippen LogP contribution >= 0.6 is 0 Å². The summed E-state index contributed by atoms with van der Waals surface area (Å²) in [6.07, 6.45) is 13.0. The van der Waals surface area contributed by atoms with Crippen LogP contribution in [0.15, 0.2) is 30.6 Å². The molecule has 0 aromatic carbocycles. The zero-order valence-corrected chi connectivity index (χ0v) is 48.2. The second-order valence-electron chi connectivity index (χ2n) is 29.4. The summed E-state index contributed by atoms with van der Waals surface area (Å²) >= 11 is 0. The first-order valence-electron chi connectivity index (χ1n) is 25.8. The maximum Gasteiger partial charge on any atom is 0.0832 e. The van der Waals surface area contributed by atoms with Crippen LogP contribution in [0.25, 0.3) is 0 Å². The molecule has 1 aliphatic heterocycles. The number of piperazine rings is 1. The average molecular weight is 921 g/mol. The minimum absolute atomic E-state index is 0.283. The Hall–Kier alpha value is -2.65. The van der Waals surface area contributed by atoms with Crippen molar-refractivity contribution in [2.24, 2.45) is 43.3 Å². The van der Waals surface area contributed by atoms with E-state index in [-0.39, 0.29) is 5.41 Å². The lowest BCUT2D eigenvalue weighted by Crippen LogP contribution is -2.47. The first-order chi connectivity index (χ1) is 29.6. The van der Waals surface area contributed by atoms with Gasteiger partial charge in [0.25, 0.3) is 0 Å².